The monoisotopic (exact) mass is 396 g/mol. The molecule has 4 rings (SSSR count). The number of rotatable bonds is 5. The van der Waals surface area contributed by atoms with Crippen molar-refractivity contribution < 1.29 is 9.18 Å². The van der Waals surface area contributed by atoms with Gasteiger partial charge in [-0.05, 0) is 17.7 Å². The Hall–Kier alpha value is -3.20. The summed E-state index contributed by atoms with van der Waals surface area (Å²) in [5, 5.41) is 14.3. The molecule has 0 saturated heterocycles. The molecule has 2 N–H and O–H groups in total. The first-order chi connectivity index (χ1) is 13.6. The van der Waals surface area contributed by atoms with Crippen LogP contribution < -0.4 is 5.84 Å². The number of hydrogen-bond acceptors (Lipinski definition) is 6. The summed E-state index contributed by atoms with van der Waals surface area (Å²) < 4.78 is 14.7. The molecule has 2 aromatic carbocycles. The number of thioether (sulfide) groups is 1. The average Bonchev–Trinajstić information content (AvgIpc) is 3.34. The minimum Gasteiger partial charge on any atom is -0.335 e. The van der Waals surface area contributed by atoms with Crippen LogP contribution in [0.2, 0.25) is 0 Å². The molecule has 142 valence electrons. The summed E-state index contributed by atoms with van der Waals surface area (Å²) >= 11 is 1.17. The molecule has 0 spiro atoms. The molecule has 7 nitrogen and oxygen atoms in total. The highest BCUT2D eigenvalue weighted by atomic mass is 32.2. The zero-order valence-electron chi connectivity index (χ0n) is 14.8. The van der Waals surface area contributed by atoms with Crippen LogP contribution in [0.4, 0.5) is 4.39 Å². The minimum atomic E-state index is -0.383. The quantitative estimate of drug-likeness (QED) is 0.529. The molecule has 0 unspecified atom stereocenters. The third-order valence-corrected chi connectivity index (χ3v) is 5.20. The van der Waals surface area contributed by atoms with Crippen molar-refractivity contribution in [3.05, 3.63) is 66.0 Å². The topological polar surface area (TPSA) is 89.4 Å². The van der Waals surface area contributed by atoms with Crippen LogP contribution in [0.3, 0.4) is 0 Å². The van der Waals surface area contributed by atoms with Gasteiger partial charge < -0.3 is 5.84 Å². The summed E-state index contributed by atoms with van der Waals surface area (Å²) in [6, 6.07) is 15.7. The van der Waals surface area contributed by atoms with Crippen molar-refractivity contribution in [2.75, 3.05) is 18.1 Å². The van der Waals surface area contributed by atoms with Crippen molar-refractivity contribution in [1.82, 2.24) is 19.9 Å². The van der Waals surface area contributed by atoms with E-state index in [1.54, 1.807) is 12.1 Å². The Labute approximate surface area is 165 Å². The molecule has 0 bridgehead atoms. The maximum atomic E-state index is 13.4. The van der Waals surface area contributed by atoms with Gasteiger partial charge in [0, 0.05) is 12.0 Å². The molecule has 1 aromatic heterocycles. The van der Waals surface area contributed by atoms with Gasteiger partial charge in [0.2, 0.25) is 5.16 Å². The van der Waals surface area contributed by atoms with Gasteiger partial charge in [-0.1, -0.05) is 54.2 Å². The van der Waals surface area contributed by atoms with Crippen molar-refractivity contribution in [2.24, 2.45) is 5.10 Å². The lowest BCUT2D eigenvalue weighted by molar-refractivity contribution is -0.127. The van der Waals surface area contributed by atoms with Crippen molar-refractivity contribution in [2.45, 2.75) is 11.6 Å². The number of aromatic nitrogens is 3. The van der Waals surface area contributed by atoms with Crippen molar-refractivity contribution >= 4 is 23.4 Å². The molecule has 0 radical (unpaired) electrons. The van der Waals surface area contributed by atoms with E-state index in [0.29, 0.717) is 23.1 Å². The number of hydrazone groups is 1. The highest BCUT2D eigenvalue weighted by Gasteiger charge is 2.22. The average molecular weight is 396 g/mol. The van der Waals surface area contributed by atoms with Crippen LogP contribution in [0.25, 0.3) is 11.4 Å². The van der Waals surface area contributed by atoms with Crippen molar-refractivity contribution in [3.8, 4) is 11.4 Å². The second-order valence-electron chi connectivity index (χ2n) is 6.15. The van der Waals surface area contributed by atoms with E-state index in [0.717, 1.165) is 17.7 Å². The van der Waals surface area contributed by atoms with Gasteiger partial charge in [0.05, 0.1) is 18.0 Å². The molecule has 28 heavy (non-hydrogen) atoms. The number of halogens is 1. The molecule has 0 atom stereocenters. The standard InChI is InChI=1S/C19H17FN6OS/c20-15-8-4-7-14(11-15)18-22-23-19(26(18)21)28-12-17(27)25-10-9-16(24-25)13-5-2-1-3-6-13/h1-8,11H,9-10,12,21H2. The summed E-state index contributed by atoms with van der Waals surface area (Å²) in [4.78, 5) is 12.5. The van der Waals surface area contributed by atoms with E-state index in [4.69, 9.17) is 5.84 Å². The van der Waals surface area contributed by atoms with Gasteiger partial charge in [-0.15, -0.1) is 10.2 Å². The maximum absolute atomic E-state index is 13.4. The number of nitrogens with zero attached hydrogens (tertiary/aromatic N) is 5. The van der Waals surface area contributed by atoms with Gasteiger partial charge in [0.25, 0.3) is 5.91 Å². The van der Waals surface area contributed by atoms with Crippen LogP contribution in [0, 0.1) is 5.82 Å². The Morgan fingerprint density at radius 3 is 2.68 bits per heavy atom. The molecule has 9 heteroatoms. The minimum absolute atomic E-state index is 0.129. The number of nitrogen functional groups attached to an aromatic ring is 1. The van der Waals surface area contributed by atoms with Crippen LogP contribution in [0.1, 0.15) is 12.0 Å². The van der Waals surface area contributed by atoms with E-state index in [9.17, 15) is 9.18 Å². The summed E-state index contributed by atoms with van der Waals surface area (Å²) in [5.41, 5.74) is 2.44. The molecular formula is C19H17FN6OS. The first-order valence-electron chi connectivity index (χ1n) is 8.64. The predicted molar refractivity (Wildman–Crippen MR) is 106 cm³/mol. The molecule has 3 aromatic rings. The van der Waals surface area contributed by atoms with Gasteiger partial charge >= 0.3 is 0 Å². The van der Waals surface area contributed by atoms with Gasteiger partial charge in [-0.25, -0.2) is 14.1 Å². The molecule has 1 aliphatic rings. The SMILES string of the molecule is Nn1c(SCC(=O)N2CCC(c3ccccc3)=N2)nnc1-c1cccc(F)c1. The molecule has 0 fully saturated rings. The van der Waals surface area contributed by atoms with Crippen LogP contribution >= 0.6 is 11.8 Å². The van der Waals surface area contributed by atoms with E-state index in [1.165, 1.54) is 33.6 Å². The van der Waals surface area contributed by atoms with Crippen LogP contribution in [-0.4, -0.2) is 43.8 Å². The third-order valence-electron chi connectivity index (χ3n) is 4.27. The van der Waals surface area contributed by atoms with E-state index in [1.807, 2.05) is 30.3 Å². The maximum Gasteiger partial charge on any atom is 0.253 e. The van der Waals surface area contributed by atoms with E-state index in [-0.39, 0.29) is 17.5 Å². The molecule has 1 amide bonds. The smallest absolute Gasteiger partial charge is 0.253 e. The van der Waals surface area contributed by atoms with Crippen LogP contribution in [-0.2, 0) is 4.79 Å². The number of carbonyl (C=O) groups excluding carboxylic acids is 1. The lowest BCUT2D eigenvalue weighted by Gasteiger charge is -2.10. The fourth-order valence-electron chi connectivity index (χ4n) is 2.87. The Bertz CT molecular complexity index is 1040. The first kappa shape index (κ1) is 18.2. The number of hydrogen-bond donors (Lipinski definition) is 1. The third kappa shape index (κ3) is 3.74. The zero-order valence-corrected chi connectivity index (χ0v) is 15.6. The fraction of sp³-hybridized carbons (Fsp3) is 0.158. The Morgan fingerprint density at radius 2 is 1.89 bits per heavy atom. The lowest BCUT2D eigenvalue weighted by Crippen LogP contribution is -2.25. The Balaban J connectivity index is 1.41. The second kappa shape index (κ2) is 7.81. The number of amides is 1. The van der Waals surface area contributed by atoms with Crippen LogP contribution in [0.15, 0.2) is 64.9 Å². The highest BCUT2D eigenvalue weighted by molar-refractivity contribution is 7.99. The summed E-state index contributed by atoms with van der Waals surface area (Å²) in [7, 11) is 0. The molecule has 2 heterocycles. The Kier molecular flexibility index (Phi) is 5.07. The van der Waals surface area contributed by atoms with E-state index in [2.05, 4.69) is 15.3 Å². The normalized spacial score (nSPS) is 13.6. The first-order valence-corrected chi connectivity index (χ1v) is 9.63. The number of nitrogens with two attached hydrogens (primary N) is 1. The van der Waals surface area contributed by atoms with Gasteiger partial charge in [-0.2, -0.15) is 5.10 Å². The van der Waals surface area contributed by atoms with Gasteiger partial charge in [0.15, 0.2) is 5.82 Å². The second-order valence-corrected chi connectivity index (χ2v) is 7.10. The number of carbonyl (C=O) groups is 1. The molecule has 0 aliphatic carbocycles. The van der Waals surface area contributed by atoms with E-state index < -0.39 is 0 Å². The summed E-state index contributed by atoms with van der Waals surface area (Å²) in [5.74, 6) is 5.97. The molecular weight excluding hydrogens is 379 g/mol. The largest absolute Gasteiger partial charge is 0.335 e. The molecule has 0 saturated carbocycles. The summed E-state index contributed by atoms with van der Waals surface area (Å²) in [6.07, 6.45) is 0.719. The predicted octanol–water partition coefficient (Wildman–Crippen LogP) is 2.53. The fourth-order valence-corrected chi connectivity index (χ4v) is 3.60. The highest BCUT2D eigenvalue weighted by Crippen LogP contribution is 2.23. The molecule has 1 aliphatic heterocycles. The lowest BCUT2D eigenvalue weighted by atomic mass is 10.1. The van der Waals surface area contributed by atoms with Crippen molar-refractivity contribution in [1.29, 1.82) is 0 Å². The summed E-state index contributed by atoms with van der Waals surface area (Å²) in [6.45, 7) is 0.549. The van der Waals surface area contributed by atoms with Gasteiger partial charge in [-0.3, -0.25) is 4.79 Å². The zero-order chi connectivity index (χ0) is 19.5. The van der Waals surface area contributed by atoms with Crippen LogP contribution in [0.5, 0.6) is 0 Å². The number of benzene rings is 2. The van der Waals surface area contributed by atoms with Crippen molar-refractivity contribution in [3.63, 3.8) is 0 Å². The van der Waals surface area contributed by atoms with E-state index >= 15 is 0 Å². The Morgan fingerprint density at radius 1 is 1.11 bits per heavy atom. The van der Waals surface area contributed by atoms with Gasteiger partial charge in [0.1, 0.15) is 5.82 Å².